The molecule has 1 N–H and O–H groups in total. The van der Waals surface area contributed by atoms with Crippen molar-refractivity contribution in [2.75, 3.05) is 19.6 Å². The number of unbranched alkanes of at least 4 members (excludes halogenated alkanes) is 1. The van der Waals surface area contributed by atoms with Gasteiger partial charge >= 0.3 is 0 Å². The molecule has 1 saturated heterocycles. The largest absolute Gasteiger partial charge is 0.303 e. The van der Waals surface area contributed by atoms with Gasteiger partial charge in [0, 0.05) is 6.04 Å². The van der Waals surface area contributed by atoms with Crippen LogP contribution in [0.4, 0.5) is 0 Å². The molecule has 0 aromatic rings. The highest BCUT2D eigenvalue weighted by molar-refractivity contribution is 5.04. The summed E-state index contributed by atoms with van der Waals surface area (Å²) in [4.78, 5) is 2.61. The van der Waals surface area contributed by atoms with Crippen LogP contribution in [0.1, 0.15) is 73.1 Å². The Kier molecular flexibility index (Phi) is 7.16. The van der Waals surface area contributed by atoms with E-state index in [1.165, 1.54) is 45.3 Å². The predicted molar refractivity (Wildman–Crippen MR) is 90.2 cm³/mol. The van der Waals surface area contributed by atoms with Crippen molar-refractivity contribution in [1.29, 1.82) is 5.26 Å². The maximum Gasteiger partial charge on any atom is 0.104 e. The predicted octanol–water partition coefficient (Wildman–Crippen LogP) is 3.95. The lowest BCUT2D eigenvalue weighted by atomic mass is 9.78. The highest BCUT2D eigenvalue weighted by atomic mass is 15.1. The number of hydrogen-bond acceptors (Lipinski definition) is 3. The number of likely N-dealkylation sites (tertiary alicyclic amines) is 1. The monoisotopic (exact) mass is 293 g/mol. The molecule has 0 aliphatic carbocycles. The molecule has 3 heteroatoms. The summed E-state index contributed by atoms with van der Waals surface area (Å²) in [7, 11) is 0. The summed E-state index contributed by atoms with van der Waals surface area (Å²) in [6.45, 7) is 14.7. The molecule has 1 rings (SSSR count). The number of nitrogens with zero attached hydrogens (tertiary/aromatic N) is 2. The van der Waals surface area contributed by atoms with Crippen LogP contribution < -0.4 is 5.32 Å². The summed E-state index contributed by atoms with van der Waals surface area (Å²) in [5, 5.41) is 12.7. The Morgan fingerprint density at radius 2 is 1.90 bits per heavy atom. The molecular weight excluding hydrogens is 258 g/mol. The van der Waals surface area contributed by atoms with Crippen molar-refractivity contribution in [3.05, 3.63) is 0 Å². The molecule has 1 fully saturated rings. The summed E-state index contributed by atoms with van der Waals surface area (Å²) < 4.78 is 0. The van der Waals surface area contributed by atoms with Crippen LogP contribution in [-0.2, 0) is 0 Å². The number of hydrogen-bond donors (Lipinski definition) is 1. The normalized spacial score (nSPS) is 22.0. The van der Waals surface area contributed by atoms with E-state index in [0.717, 1.165) is 12.8 Å². The Morgan fingerprint density at radius 3 is 2.38 bits per heavy atom. The summed E-state index contributed by atoms with van der Waals surface area (Å²) in [6, 6.07) is 2.81. The van der Waals surface area contributed by atoms with Gasteiger partial charge in [-0.15, -0.1) is 0 Å². The van der Waals surface area contributed by atoms with E-state index in [-0.39, 0.29) is 5.54 Å². The summed E-state index contributed by atoms with van der Waals surface area (Å²) >= 11 is 0. The van der Waals surface area contributed by atoms with Crippen molar-refractivity contribution in [3.63, 3.8) is 0 Å². The Morgan fingerprint density at radius 1 is 1.29 bits per heavy atom. The molecular formula is C18H35N3. The number of rotatable bonds is 8. The Bertz CT molecular complexity index is 337. The van der Waals surface area contributed by atoms with Crippen LogP contribution in [-0.4, -0.2) is 36.1 Å². The van der Waals surface area contributed by atoms with Gasteiger partial charge in [-0.25, -0.2) is 0 Å². The van der Waals surface area contributed by atoms with E-state index >= 15 is 0 Å². The molecule has 0 amide bonds. The van der Waals surface area contributed by atoms with Gasteiger partial charge in [-0.3, -0.25) is 5.32 Å². The first-order valence-corrected chi connectivity index (χ1v) is 8.74. The van der Waals surface area contributed by atoms with Crippen molar-refractivity contribution in [1.82, 2.24) is 10.2 Å². The van der Waals surface area contributed by atoms with Gasteiger partial charge in [0.2, 0.25) is 0 Å². The third-order valence-corrected chi connectivity index (χ3v) is 5.17. The standard InChI is InChI=1S/C18H35N3/c1-6-17(4)10-13-21(14-11-17)12-8-7-9-18(5,15-19)20-16(2)3/h16,20H,6-14H2,1-5H3. The van der Waals surface area contributed by atoms with Gasteiger partial charge in [0.25, 0.3) is 0 Å². The fourth-order valence-electron chi connectivity index (χ4n) is 3.28. The Balaban J connectivity index is 2.22. The molecule has 21 heavy (non-hydrogen) atoms. The maximum absolute atomic E-state index is 9.34. The SMILES string of the molecule is CCC1(C)CCN(CCCCC(C)(C#N)NC(C)C)CC1. The fraction of sp³-hybridized carbons (Fsp3) is 0.944. The van der Waals surface area contributed by atoms with E-state index in [4.69, 9.17) is 0 Å². The average Bonchev–Trinajstić information content (AvgIpc) is 2.45. The topological polar surface area (TPSA) is 39.1 Å². The maximum atomic E-state index is 9.34. The number of piperidine rings is 1. The molecule has 3 nitrogen and oxygen atoms in total. The van der Waals surface area contributed by atoms with Crippen molar-refractivity contribution in [2.45, 2.75) is 84.7 Å². The molecule has 1 atom stereocenters. The van der Waals surface area contributed by atoms with E-state index in [1.807, 2.05) is 6.92 Å². The van der Waals surface area contributed by atoms with Crippen LogP contribution in [0.25, 0.3) is 0 Å². The molecule has 1 aliphatic heterocycles. The molecule has 1 unspecified atom stereocenters. The molecule has 0 saturated carbocycles. The van der Waals surface area contributed by atoms with Crippen molar-refractivity contribution in [2.24, 2.45) is 5.41 Å². The fourth-order valence-corrected chi connectivity index (χ4v) is 3.28. The molecule has 0 aromatic heterocycles. The van der Waals surface area contributed by atoms with Gasteiger partial charge in [0.15, 0.2) is 0 Å². The lowest BCUT2D eigenvalue weighted by Crippen LogP contribution is -2.45. The van der Waals surface area contributed by atoms with E-state index in [0.29, 0.717) is 11.5 Å². The van der Waals surface area contributed by atoms with Crippen LogP contribution in [0.2, 0.25) is 0 Å². The second-order valence-electron chi connectivity index (χ2n) is 7.71. The summed E-state index contributed by atoms with van der Waals surface area (Å²) in [5.74, 6) is 0. The smallest absolute Gasteiger partial charge is 0.104 e. The first-order chi connectivity index (χ1) is 9.82. The van der Waals surface area contributed by atoms with Gasteiger partial charge in [-0.2, -0.15) is 5.26 Å². The Hall–Kier alpha value is -0.590. The van der Waals surface area contributed by atoms with E-state index in [1.54, 1.807) is 0 Å². The third kappa shape index (κ3) is 6.36. The Labute approximate surface area is 132 Å². The first kappa shape index (κ1) is 18.5. The molecule has 0 aromatic carbocycles. The zero-order valence-electron chi connectivity index (χ0n) is 14.8. The van der Waals surface area contributed by atoms with Crippen LogP contribution in [0.5, 0.6) is 0 Å². The van der Waals surface area contributed by atoms with Crippen LogP contribution in [0.3, 0.4) is 0 Å². The quantitative estimate of drug-likeness (QED) is 0.689. The van der Waals surface area contributed by atoms with Gasteiger partial charge < -0.3 is 4.90 Å². The molecule has 1 aliphatic rings. The van der Waals surface area contributed by atoms with Crippen LogP contribution >= 0.6 is 0 Å². The highest BCUT2D eigenvalue weighted by Crippen LogP contribution is 2.33. The summed E-state index contributed by atoms with van der Waals surface area (Å²) in [6.07, 6.45) is 7.28. The van der Waals surface area contributed by atoms with Crippen LogP contribution in [0, 0.1) is 16.7 Å². The third-order valence-electron chi connectivity index (χ3n) is 5.17. The molecule has 1 heterocycles. The second-order valence-corrected chi connectivity index (χ2v) is 7.71. The van der Waals surface area contributed by atoms with E-state index in [2.05, 4.69) is 44.0 Å². The molecule has 0 bridgehead atoms. The number of nitrogens with one attached hydrogen (secondary N) is 1. The van der Waals surface area contributed by atoms with Crippen molar-refractivity contribution >= 4 is 0 Å². The minimum atomic E-state index is -0.364. The lowest BCUT2D eigenvalue weighted by Gasteiger charge is -2.39. The molecule has 0 radical (unpaired) electrons. The van der Waals surface area contributed by atoms with Crippen molar-refractivity contribution < 1.29 is 0 Å². The summed E-state index contributed by atoms with van der Waals surface area (Å²) in [5.41, 5.74) is 0.216. The molecule has 122 valence electrons. The zero-order chi connectivity index (χ0) is 15.9. The second kappa shape index (κ2) is 8.15. The average molecular weight is 293 g/mol. The van der Waals surface area contributed by atoms with Gasteiger partial charge in [-0.1, -0.05) is 20.3 Å². The first-order valence-electron chi connectivity index (χ1n) is 8.74. The van der Waals surface area contributed by atoms with Gasteiger partial charge in [0.05, 0.1) is 6.07 Å². The van der Waals surface area contributed by atoms with Gasteiger partial charge in [0.1, 0.15) is 5.54 Å². The van der Waals surface area contributed by atoms with Crippen molar-refractivity contribution in [3.8, 4) is 6.07 Å². The zero-order valence-corrected chi connectivity index (χ0v) is 14.8. The lowest BCUT2D eigenvalue weighted by molar-refractivity contribution is 0.113. The highest BCUT2D eigenvalue weighted by Gasteiger charge is 2.28. The molecule has 0 spiro atoms. The minimum absolute atomic E-state index is 0.364. The minimum Gasteiger partial charge on any atom is -0.303 e. The number of nitriles is 1. The van der Waals surface area contributed by atoms with Gasteiger partial charge in [-0.05, 0) is 77.9 Å². The van der Waals surface area contributed by atoms with E-state index < -0.39 is 0 Å². The van der Waals surface area contributed by atoms with Crippen LogP contribution in [0.15, 0.2) is 0 Å². The van der Waals surface area contributed by atoms with E-state index in [9.17, 15) is 5.26 Å².